The molecule has 0 radical (unpaired) electrons. The third-order valence-corrected chi connectivity index (χ3v) is 5.11. The van der Waals surface area contributed by atoms with Gasteiger partial charge in [-0.3, -0.25) is 9.69 Å². The van der Waals surface area contributed by atoms with E-state index in [0.29, 0.717) is 18.6 Å². The van der Waals surface area contributed by atoms with Crippen LogP contribution in [0, 0.1) is 5.21 Å². The van der Waals surface area contributed by atoms with E-state index in [1.54, 1.807) is 12.6 Å². The topological polar surface area (TPSA) is 64.6 Å². The summed E-state index contributed by atoms with van der Waals surface area (Å²) in [4.78, 5) is 14.8. The number of carbonyl (C=O) groups is 1. The molecular formula is C20H23N2O3-. The van der Waals surface area contributed by atoms with Crippen molar-refractivity contribution in [3.8, 4) is 5.75 Å². The van der Waals surface area contributed by atoms with Gasteiger partial charge in [-0.05, 0) is 49.2 Å². The third-order valence-electron chi connectivity index (χ3n) is 5.11. The number of ether oxygens (including phenoxy) is 1. The Morgan fingerprint density at radius 1 is 1.16 bits per heavy atom. The molecule has 0 saturated carbocycles. The molecule has 2 aromatic rings. The normalized spacial score (nSPS) is 17.0. The average Bonchev–Trinajstić information content (AvgIpc) is 2.69. The van der Waals surface area contributed by atoms with Crippen molar-refractivity contribution in [3.05, 3.63) is 70.9 Å². The maximum absolute atomic E-state index is 12.5. The number of likely N-dealkylation sites (tertiary alicyclic amines) is 1. The molecule has 5 nitrogen and oxygen atoms in total. The van der Waals surface area contributed by atoms with E-state index in [0.717, 1.165) is 25.2 Å². The van der Waals surface area contributed by atoms with Crippen LogP contribution in [-0.2, 0) is 16.8 Å². The van der Waals surface area contributed by atoms with Crippen LogP contribution in [0.4, 0.5) is 0 Å². The summed E-state index contributed by atoms with van der Waals surface area (Å²) in [5.74, 6) is 0.238. The summed E-state index contributed by atoms with van der Waals surface area (Å²) in [6.45, 7) is 2.38. The summed E-state index contributed by atoms with van der Waals surface area (Å²) in [7, 11) is 1.60. The predicted octanol–water partition coefficient (Wildman–Crippen LogP) is 2.84. The second-order valence-corrected chi connectivity index (χ2v) is 6.51. The number of piperidine rings is 1. The van der Waals surface area contributed by atoms with Crippen molar-refractivity contribution in [2.24, 2.45) is 0 Å². The van der Waals surface area contributed by atoms with Crippen LogP contribution in [0.2, 0.25) is 0 Å². The van der Waals surface area contributed by atoms with E-state index in [2.05, 4.69) is 17.0 Å². The highest BCUT2D eigenvalue weighted by Gasteiger charge is 2.41. The van der Waals surface area contributed by atoms with Crippen LogP contribution in [0.5, 0.6) is 5.75 Å². The summed E-state index contributed by atoms with van der Waals surface area (Å²) >= 11 is 0. The van der Waals surface area contributed by atoms with Crippen LogP contribution in [0.25, 0.3) is 0 Å². The largest absolute Gasteiger partial charge is 0.759 e. The van der Waals surface area contributed by atoms with Crippen molar-refractivity contribution >= 4 is 5.91 Å². The Bertz CT molecular complexity index is 710. The first kappa shape index (κ1) is 17.5. The number of benzene rings is 2. The Labute approximate surface area is 148 Å². The minimum absolute atomic E-state index is 0.458. The third kappa shape index (κ3) is 3.67. The fraction of sp³-hybridized carbons (Fsp3) is 0.350. The Morgan fingerprint density at radius 2 is 1.88 bits per heavy atom. The molecule has 0 unspecified atom stereocenters. The van der Waals surface area contributed by atoms with E-state index < -0.39 is 11.3 Å². The standard InChI is InChI=1S/C20H23N2O3/c1-25-18-9-5-8-17(14-18)20(19(23)21-24)10-12-22(13-11-20)15-16-6-3-2-4-7-16/h2-9,14H,10-13,15H2,1H3,(H-,21,23,24)/q-1. The lowest BCUT2D eigenvalue weighted by atomic mass is 9.72. The second-order valence-electron chi connectivity index (χ2n) is 6.51. The number of nitrogens with zero attached hydrogens (tertiary/aromatic N) is 1. The van der Waals surface area contributed by atoms with Gasteiger partial charge in [0.25, 0.3) is 0 Å². The fourth-order valence-electron chi connectivity index (χ4n) is 3.60. The predicted molar refractivity (Wildman–Crippen MR) is 97.1 cm³/mol. The van der Waals surface area contributed by atoms with Gasteiger partial charge in [0, 0.05) is 6.54 Å². The first-order valence-electron chi connectivity index (χ1n) is 8.51. The fourth-order valence-corrected chi connectivity index (χ4v) is 3.60. The van der Waals surface area contributed by atoms with Gasteiger partial charge in [-0.15, -0.1) is 0 Å². The van der Waals surface area contributed by atoms with Gasteiger partial charge in [-0.1, -0.05) is 42.5 Å². The molecule has 1 amide bonds. The van der Waals surface area contributed by atoms with Crippen molar-refractivity contribution in [1.29, 1.82) is 0 Å². The van der Waals surface area contributed by atoms with Gasteiger partial charge in [0.2, 0.25) is 5.91 Å². The molecule has 0 aliphatic carbocycles. The van der Waals surface area contributed by atoms with E-state index in [1.807, 2.05) is 42.5 Å². The summed E-state index contributed by atoms with van der Waals surface area (Å²) in [6.07, 6.45) is 1.22. The molecule has 0 aromatic heterocycles. The highest BCUT2D eigenvalue weighted by molar-refractivity contribution is 5.88. The maximum atomic E-state index is 12.5. The minimum atomic E-state index is -0.788. The number of nitrogens with one attached hydrogen (secondary N) is 1. The number of amides is 1. The summed E-state index contributed by atoms with van der Waals surface area (Å²) in [6, 6.07) is 17.8. The Hall–Kier alpha value is -2.37. The van der Waals surface area contributed by atoms with Crippen LogP contribution in [0.3, 0.4) is 0 Å². The van der Waals surface area contributed by atoms with Crippen molar-refractivity contribution < 1.29 is 9.53 Å². The van der Waals surface area contributed by atoms with Crippen molar-refractivity contribution in [2.75, 3.05) is 20.2 Å². The highest BCUT2D eigenvalue weighted by Crippen LogP contribution is 2.37. The zero-order valence-electron chi connectivity index (χ0n) is 14.4. The summed E-state index contributed by atoms with van der Waals surface area (Å²) in [5.41, 5.74) is 2.94. The molecule has 1 heterocycles. The zero-order valence-corrected chi connectivity index (χ0v) is 14.4. The van der Waals surface area contributed by atoms with E-state index in [-0.39, 0.29) is 0 Å². The lowest BCUT2D eigenvalue weighted by molar-refractivity contribution is -0.127. The lowest BCUT2D eigenvalue weighted by Gasteiger charge is -2.42. The van der Waals surface area contributed by atoms with Gasteiger partial charge in [0.15, 0.2) is 0 Å². The molecule has 3 rings (SSSR count). The lowest BCUT2D eigenvalue weighted by Crippen LogP contribution is -2.50. The number of hydroxylamine groups is 1. The molecule has 1 aliphatic rings. The quantitative estimate of drug-likeness (QED) is 0.851. The molecule has 0 atom stereocenters. The van der Waals surface area contributed by atoms with Crippen LogP contribution in [0.1, 0.15) is 24.0 Å². The molecule has 2 aromatic carbocycles. The molecule has 0 bridgehead atoms. The van der Waals surface area contributed by atoms with Gasteiger partial charge < -0.3 is 15.4 Å². The van der Waals surface area contributed by atoms with E-state index in [1.165, 1.54) is 5.56 Å². The van der Waals surface area contributed by atoms with Crippen LogP contribution in [0.15, 0.2) is 54.6 Å². The molecule has 132 valence electrons. The Morgan fingerprint density at radius 3 is 2.52 bits per heavy atom. The first-order valence-corrected chi connectivity index (χ1v) is 8.51. The molecule has 0 spiro atoms. The molecular weight excluding hydrogens is 316 g/mol. The summed E-state index contributed by atoms with van der Waals surface area (Å²) < 4.78 is 5.28. The van der Waals surface area contributed by atoms with Gasteiger partial charge in [0.1, 0.15) is 5.75 Å². The van der Waals surface area contributed by atoms with Gasteiger partial charge in [-0.25, -0.2) is 0 Å². The number of hydrogen-bond donors (Lipinski definition) is 1. The second kappa shape index (κ2) is 7.68. The number of methoxy groups -OCH3 is 1. The summed E-state index contributed by atoms with van der Waals surface area (Å²) in [5, 5.41) is 11.2. The van der Waals surface area contributed by atoms with Crippen LogP contribution in [-0.4, -0.2) is 31.0 Å². The number of rotatable bonds is 5. The molecule has 1 saturated heterocycles. The van der Waals surface area contributed by atoms with Crippen LogP contribution < -0.4 is 10.2 Å². The van der Waals surface area contributed by atoms with Crippen molar-refractivity contribution in [2.45, 2.75) is 24.8 Å². The van der Waals surface area contributed by atoms with Gasteiger partial charge >= 0.3 is 0 Å². The molecule has 1 fully saturated rings. The smallest absolute Gasteiger partial charge is 0.220 e. The molecule has 5 heteroatoms. The average molecular weight is 339 g/mol. The molecule has 25 heavy (non-hydrogen) atoms. The maximum Gasteiger partial charge on any atom is 0.220 e. The van der Waals surface area contributed by atoms with E-state index >= 15 is 0 Å². The van der Waals surface area contributed by atoms with Gasteiger partial charge in [0.05, 0.1) is 12.5 Å². The van der Waals surface area contributed by atoms with Gasteiger partial charge in [-0.2, -0.15) is 0 Å². The monoisotopic (exact) mass is 339 g/mol. The Kier molecular flexibility index (Phi) is 5.36. The van der Waals surface area contributed by atoms with E-state index in [4.69, 9.17) is 4.74 Å². The Balaban J connectivity index is 1.78. The first-order chi connectivity index (χ1) is 12.2. The minimum Gasteiger partial charge on any atom is -0.759 e. The molecule has 1 aliphatic heterocycles. The number of carbonyl (C=O) groups excluding carboxylic acids is 1. The number of hydrogen-bond acceptors (Lipinski definition) is 4. The van der Waals surface area contributed by atoms with Crippen molar-refractivity contribution in [1.82, 2.24) is 10.4 Å². The van der Waals surface area contributed by atoms with Crippen LogP contribution >= 0.6 is 0 Å². The zero-order chi connectivity index (χ0) is 17.7. The highest BCUT2D eigenvalue weighted by atomic mass is 16.5. The SMILES string of the molecule is COc1cccc(C2(C(=O)N[O-])CCN(Cc3ccccc3)CC2)c1. The van der Waals surface area contributed by atoms with E-state index in [9.17, 15) is 10.0 Å². The van der Waals surface area contributed by atoms with Crippen molar-refractivity contribution in [3.63, 3.8) is 0 Å². The molecule has 1 N–H and O–H groups in total.